The minimum absolute atomic E-state index is 0.205. The Morgan fingerprint density at radius 2 is 1.65 bits per heavy atom. The van der Waals surface area contributed by atoms with Gasteiger partial charge in [-0.1, -0.05) is 23.7 Å². The molecule has 1 saturated heterocycles. The molecule has 1 aliphatic rings. The van der Waals surface area contributed by atoms with Crippen LogP contribution in [0.4, 0.5) is 10.5 Å². The molecule has 0 aromatic heterocycles. The number of hydrogen-bond donors (Lipinski definition) is 1. The number of methoxy groups -OCH3 is 2. The lowest BCUT2D eigenvalue weighted by Gasteiger charge is -2.26. The van der Waals surface area contributed by atoms with E-state index in [4.69, 9.17) is 21.1 Å². The Kier molecular flexibility index (Phi) is 5.35. The lowest BCUT2D eigenvalue weighted by Crippen LogP contribution is -2.54. The van der Waals surface area contributed by atoms with Crippen molar-refractivity contribution in [3.05, 3.63) is 70.8 Å². The Labute approximate surface area is 182 Å². The third-order valence-corrected chi connectivity index (χ3v) is 5.18. The summed E-state index contributed by atoms with van der Waals surface area (Å²) in [6.45, 7) is 0. The lowest BCUT2D eigenvalue weighted by molar-refractivity contribution is -0.122. The van der Waals surface area contributed by atoms with Crippen LogP contribution in [0.15, 0.2) is 60.2 Å². The first kappa shape index (κ1) is 20.4. The number of halogens is 1. The highest BCUT2D eigenvalue weighted by molar-refractivity contribution is 6.39. The zero-order chi connectivity index (χ0) is 22.1. The zero-order valence-electron chi connectivity index (χ0n) is 16.6. The van der Waals surface area contributed by atoms with Crippen LogP contribution < -0.4 is 19.7 Å². The van der Waals surface area contributed by atoms with Crippen molar-refractivity contribution in [2.24, 2.45) is 0 Å². The number of ether oxygens (including phenoxy) is 2. The second-order valence-electron chi connectivity index (χ2n) is 6.70. The number of hydrogen-bond acceptors (Lipinski definition) is 5. The zero-order valence-corrected chi connectivity index (χ0v) is 17.4. The molecular formula is C23H17ClN2O5. The Morgan fingerprint density at radius 3 is 2.32 bits per heavy atom. The van der Waals surface area contributed by atoms with Gasteiger partial charge in [0, 0.05) is 10.6 Å². The summed E-state index contributed by atoms with van der Waals surface area (Å²) in [5, 5.41) is 4.25. The van der Waals surface area contributed by atoms with Gasteiger partial charge >= 0.3 is 6.03 Å². The van der Waals surface area contributed by atoms with E-state index in [2.05, 4.69) is 5.32 Å². The van der Waals surface area contributed by atoms with Crippen molar-refractivity contribution < 1.29 is 23.9 Å². The van der Waals surface area contributed by atoms with E-state index in [0.29, 0.717) is 22.1 Å². The summed E-state index contributed by atoms with van der Waals surface area (Å²) >= 11 is 5.90. The molecule has 3 aromatic rings. The summed E-state index contributed by atoms with van der Waals surface area (Å²) in [6, 6.07) is 14.4. The van der Waals surface area contributed by atoms with E-state index in [1.165, 1.54) is 25.3 Å². The Hall–Kier alpha value is -3.84. The first-order valence-corrected chi connectivity index (χ1v) is 9.62. The van der Waals surface area contributed by atoms with Crippen molar-refractivity contribution in [2.75, 3.05) is 19.1 Å². The molecule has 8 heteroatoms. The van der Waals surface area contributed by atoms with Gasteiger partial charge in [-0.2, -0.15) is 0 Å². The monoisotopic (exact) mass is 436 g/mol. The van der Waals surface area contributed by atoms with Crippen LogP contribution >= 0.6 is 11.6 Å². The van der Waals surface area contributed by atoms with Crippen LogP contribution in [0.25, 0.3) is 16.8 Å². The number of imide groups is 2. The first-order chi connectivity index (χ1) is 14.9. The quantitative estimate of drug-likeness (QED) is 0.490. The molecule has 0 saturated carbocycles. The second kappa shape index (κ2) is 8.12. The number of carbonyl (C=O) groups is 3. The number of rotatable bonds is 4. The largest absolute Gasteiger partial charge is 0.497 e. The maximum atomic E-state index is 13.2. The van der Waals surface area contributed by atoms with Crippen LogP contribution in [0.1, 0.15) is 5.56 Å². The number of urea groups is 1. The lowest BCUT2D eigenvalue weighted by atomic mass is 9.99. The average molecular weight is 437 g/mol. The molecule has 1 aliphatic heterocycles. The fourth-order valence-electron chi connectivity index (χ4n) is 3.38. The molecule has 0 radical (unpaired) electrons. The van der Waals surface area contributed by atoms with Crippen molar-refractivity contribution >= 4 is 52.0 Å². The van der Waals surface area contributed by atoms with E-state index < -0.39 is 17.8 Å². The summed E-state index contributed by atoms with van der Waals surface area (Å²) in [6.07, 6.45) is 1.42. The van der Waals surface area contributed by atoms with Crippen molar-refractivity contribution in [1.29, 1.82) is 0 Å². The first-order valence-electron chi connectivity index (χ1n) is 9.24. The Morgan fingerprint density at radius 1 is 0.935 bits per heavy atom. The van der Waals surface area contributed by atoms with Crippen LogP contribution in [0.2, 0.25) is 5.02 Å². The SMILES string of the molecule is COc1ccc2ccc(OC)c(/C=C3\C(=O)NC(=O)N(c4ccc(Cl)cc4)C3=O)c2c1. The van der Waals surface area contributed by atoms with Crippen LogP contribution in [-0.4, -0.2) is 32.1 Å². The molecule has 31 heavy (non-hydrogen) atoms. The van der Waals surface area contributed by atoms with Gasteiger partial charge in [-0.25, -0.2) is 9.69 Å². The molecule has 0 aliphatic carbocycles. The molecule has 3 aromatic carbocycles. The van der Waals surface area contributed by atoms with Gasteiger partial charge < -0.3 is 9.47 Å². The fourth-order valence-corrected chi connectivity index (χ4v) is 3.51. The standard InChI is InChI=1S/C23H17ClN2O5/c1-30-16-9-3-13-4-10-20(31-2)18(17(13)11-16)12-19-21(27)25-23(29)26(22(19)28)15-7-5-14(24)6-8-15/h3-12H,1-2H3,(H,25,27,29)/b19-12+. The van der Waals surface area contributed by atoms with Gasteiger partial charge in [-0.05, 0) is 59.3 Å². The maximum absolute atomic E-state index is 13.2. The van der Waals surface area contributed by atoms with Gasteiger partial charge in [-0.15, -0.1) is 0 Å². The van der Waals surface area contributed by atoms with Crippen LogP contribution in [0.3, 0.4) is 0 Å². The molecule has 156 valence electrons. The number of benzene rings is 3. The van der Waals surface area contributed by atoms with Crippen LogP contribution in [0, 0.1) is 0 Å². The topological polar surface area (TPSA) is 84.9 Å². The number of anilines is 1. The molecule has 7 nitrogen and oxygen atoms in total. The minimum atomic E-state index is -0.832. The Balaban J connectivity index is 1.88. The van der Waals surface area contributed by atoms with Crippen LogP contribution in [0.5, 0.6) is 11.5 Å². The predicted molar refractivity (Wildman–Crippen MR) is 118 cm³/mol. The number of nitrogens with zero attached hydrogens (tertiary/aromatic N) is 1. The molecule has 1 heterocycles. The van der Waals surface area contributed by atoms with E-state index in [9.17, 15) is 14.4 Å². The number of amides is 4. The summed E-state index contributed by atoms with van der Waals surface area (Å²) in [7, 11) is 3.04. The predicted octanol–water partition coefficient (Wildman–Crippen LogP) is 4.18. The highest BCUT2D eigenvalue weighted by atomic mass is 35.5. The summed E-state index contributed by atoms with van der Waals surface area (Å²) in [4.78, 5) is 39.0. The highest BCUT2D eigenvalue weighted by Crippen LogP contribution is 2.33. The van der Waals surface area contributed by atoms with E-state index in [-0.39, 0.29) is 11.3 Å². The smallest absolute Gasteiger partial charge is 0.335 e. The number of carbonyl (C=O) groups excluding carboxylic acids is 3. The van der Waals surface area contributed by atoms with E-state index in [1.807, 2.05) is 18.2 Å². The third kappa shape index (κ3) is 3.71. The molecule has 0 atom stereocenters. The number of fused-ring (bicyclic) bond motifs is 1. The van der Waals surface area contributed by atoms with Gasteiger partial charge in [0.25, 0.3) is 11.8 Å². The number of nitrogens with one attached hydrogen (secondary N) is 1. The minimum Gasteiger partial charge on any atom is -0.497 e. The summed E-state index contributed by atoms with van der Waals surface area (Å²) in [5.74, 6) is -0.471. The van der Waals surface area contributed by atoms with Gasteiger partial charge in [0.1, 0.15) is 17.1 Å². The molecule has 0 unspecified atom stereocenters. The van der Waals surface area contributed by atoms with Crippen molar-refractivity contribution in [2.45, 2.75) is 0 Å². The van der Waals surface area contributed by atoms with Gasteiger partial charge in [0.15, 0.2) is 0 Å². The van der Waals surface area contributed by atoms with E-state index in [0.717, 1.165) is 15.7 Å². The van der Waals surface area contributed by atoms with E-state index >= 15 is 0 Å². The highest BCUT2D eigenvalue weighted by Gasteiger charge is 2.37. The Bertz CT molecular complexity index is 1250. The van der Waals surface area contributed by atoms with Gasteiger partial charge in [-0.3, -0.25) is 14.9 Å². The second-order valence-corrected chi connectivity index (χ2v) is 7.14. The normalized spacial score (nSPS) is 15.4. The van der Waals surface area contributed by atoms with Gasteiger partial charge in [0.2, 0.25) is 0 Å². The molecule has 0 bridgehead atoms. The van der Waals surface area contributed by atoms with Crippen molar-refractivity contribution in [1.82, 2.24) is 5.32 Å². The third-order valence-electron chi connectivity index (χ3n) is 4.93. The van der Waals surface area contributed by atoms with E-state index in [1.54, 1.807) is 31.4 Å². The average Bonchev–Trinajstić information content (AvgIpc) is 2.77. The van der Waals surface area contributed by atoms with Crippen LogP contribution in [-0.2, 0) is 9.59 Å². The molecule has 0 spiro atoms. The molecule has 4 rings (SSSR count). The summed E-state index contributed by atoms with van der Waals surface area (Å²) < 4.78 is 10.8. The number of barbiturate groups is 1. The molecule has 1 N–H and O–H groups in total. The molecule has 4 amide bonds. The molecule has 1 fully saturated rings. The van der Waals surface area contributed by atoms with Crippen molar-refractivity contribution in [3.63, 3.8) is 0 Å². The maximum Gasteiger partial charge on any atom is 0.335 e. The summed E-state index contributed by atoms with van der Waals surface area (Å²) in [5.41, 5.74) is 0.600. The molecular weight excluding hydrogens is 420 g/mol. The van der Waals surface area contributed by atoms with Gasteiger partial charge in [0.05, 0.1) is 19.9 Å². The fraction of sp³-hybridized carbons (Fsp3) is 0.0870. The van der Waals surface area contributed by atoms with Crippen molar-refractivity contribution in [3.8, 4) is 11.5 Å².